The number of thioether (sulfide) groups is 1. The Morgan fingerprint density at radius 3 is 2.67 bits per heavy atom. The standard InChI is InChI=1S/C12H14N4OS/c1-7-2-4-8(5-3-7)6-9-10(17)15-12(18-9)16-11(13)14/h2-5,9H,6H2,1H3,(H4,13,14,15,16,17)/t9-/m1/s1. The van der Waals surface area contributed by atoms with E-state index in [-0.39, 0.29) is 17.1 Å². The zero-order valence-electron chi connectivity index (χ0n) is 9.96. The van der Waals surface area contributed by atoms with Gasteiger partial charge in [-0.05, 0) is 18.9 Å². The van der Waals surface area contributed by atoms with Gasteiger partial charge < -0.3 is 11.5 Å². The van der Waals surface area contributed by atoms with Gasteiger partial charge in [-0.1, -0.05) is 41.6 Å². The molecule has 4 N–H and O–H groups in total. The van der Waals surface area contributed by atoms with Crippen molar-refractivity contribution < 1.29 is 4.79 Å². The minimum absolute atomic E-state index is 0.0787. The molecule has 1 atom stereocenters. The van der Waals surface area contributed by atoms with Gasteiger partial charge in [0.25, 0.3) is 5.91 Å². The van der Waals surface area contributed by atoms with Crippen LogP contribution < -0.4 is 11.5 Å². The summed E-state index contributed by atoms with van der Waals surface area (Å²) in [6, 6.07) is 8.08. The Kier molecular flexibility index (Phi) is 3.66. The van der Waals surface area contributed by atoms with Gasteiger partial charge >= 0.3 is 0 Å². The second-order valence-electron chi connectivity index (χ2n) is 4.07. The van der Waals surface area contributed by atoms with Gasteiger partial charge in [0.15, 0.2) is 11.1 Å². The molecule has 1 aliphatic rings. The fourth-order valence-electron chi connectivity index (χ4n) is 1.60. The number of carbonyl (C=O) groups excluding carboxylic acids is 1. The highest BCUT2D eigenvalue weighted by Gasteiger charge is 2.28. The van der Waals surface area contributed by atoms with Gasteiger partial charge in [0.1, 0.15) is 0 Å². The van der Waals surface area contributed by atoms with E-state index in [1.807, 2.05) is 31.2 Å². The molecule has 1 aliphatic heterocycles. The number of nitrogens with zero attached hydrogens (tertiary/aromatic N) is 2. The quantitative estimate of drug-likeness (QED) is 0.609. The molecular weight excluding hydrogens is 248 g/mol. The molecule has 18 heavy (non-hydrogen) atoms. The van der Waals surface area contributed by atoms with Crippen LogP contribution in [0.5, 0.6) is 0 Å². The van der Waals surface area contributed by atoms with Gasteiger partial charge in [0.05, 0.1) is 5.25 Å². The molecule has 0 bridgehead atoms. The summed E-state index contributed by atoms with van der Waals surface area (Å²) in [5, 5.41) is 0.114. The summed E-state index contributed by atoms with van der Waals surface area (Å²) in [5.74, 6) is -0.259. The lowest BCUT2D eigenvalue weighted by molar-refractivity contribution is -0.117. The molecule has 0 fully saturated rings. The van der Waals surface area contributed by atoms with Gasteiger partial charge in [-0.2, -0.15) is 9.98 Å². The molecular formula is C12H14N4OS. The van der Waals surface area contributed by atoms with Gasteiger partial charge in [0, 0.05) is 0 Å². The van der Waals surface area contributed by atoms with Crippen LogP contribution >= 0.6 is 11.8 Å². The molecule has 0 saturated carbocycles. The first-order chi connectivity index (χ1) is 8.54. The van der Waals surface area contributed by atoms with Crippen molar-refractivity contribution in [3.63, 3.8) is 0 Å². The number of amides is 1. The van der Waals surface area contributed by atoms with Gasteiger partial charge in [0.2, 0.25) is 0 Å². The molecule has 0 saturated heterocycles. The van der Waals surface area contributed by atoms with Crippen molar-refractivity contribution in [2.24, 2.45) is 21.5 Å². The molecule has 5 nitrogen and oxygen atoms in total. The van der Waals surface area contributed by atoms with Crippen LogP contribution in [0.3, 0.4) is 0 Å². The molecule has 0 aliphatic carbocycles. The molecule has 0 unspecified atom stereocenters. The molecule has 0 aromatic heterocycles. The summed E-state index contributed by atoms with van der Waals surface area (Å²) in [5.41, 5.74) is 12.8. The summed E-state index contributed by atoms with van der Waals surface area (Å²) >= 11 is 1.30. The van der Waals surface area contributed by atoms with Crippen molar-refractivity contribution in [1.82, 2.24) is 0 Å². The summed E-state index contributed by atoms with van der Waals surface area (Å²) < 4.78 is 0. The number of guanidine groups is 1. The SMILES string of the molecule is Cc1ccc(C[C@H]2SC(N=C(N)N)=NC2=O)cc1. The predicted molar refractivity (Wildman–Crippen MR) is 74.5 cm³/mol. The van der Waals surface area contributed by atoms with Crippen LogP contribution in [0.4, 0.5) is 0 Å². The van der Waals surface area contributed by atoms with Crippen LogP contribution in [-0.2, 0) is 11.2 Å². The zero-order valence-corrected chi connectivity index (χ0v) is 10.8. The van der Waals surface area contributed by atoms with E-state index >= 15 is 0 Å². The van der Waals surface area contributed by atoms with Crippen LogP contribution in [0, 0.1) is 6.92 Å². The number of aliphatic imine (C=N–C) groups is 2. The number of carbonyl (C=O) groups is 1. The lowest BCUT2D eigenvalue weighted by atomic mass is 10.1. The fraction of sp³-hybridized carbons (Fsp3) is 0.250. The first-order valence-electron chi connectivity index (χ1n) is 5.49. The summed E-state index contributed by atoms with van der Waals surface area (Å²) in [6.45, 7) is 2.03. The van der Waals surface area contributed by atoms with Gasteiger partial charge in [-0.25, -0.2) is 0 Å². The lowest BCUT2D eigenvalue weighted by Gasteiger charge is -2.06. The maximum Gasteiger partial charge on any atom is 0.262 e. The third-order valence-electron chi connectivity index (χ3n) is 2.50. The first kappa shape index (κ1) is 12.6. The summed E-state index contributed by atoms with van der Waals surface area (Å²) in [4.78, 5) is 19.3. The minimum Gasteiger partial charge on any atom is -0.370 e. The van der Waals surface area contributed by atoms with Crippen LogP contribution in [0.25, 0.3) is 0 Å². The smallest absolute Gasteiger partial charge is 0.262 e. The number of rotatable bonds is 2. The summed E-state index contributed by atoms with van der Waals surface area (Å²) in [6.07, 6.45) is 0.636. The Hall–Kier alpha value is -1.82. The number of nitrogens with two attached hydrogens (primary N) is 2. The molecule has 1 amide bonds. The van der Waals surface area contributed by atoms with E-state index in [4.69, 9.17) is 11.5 Å². The lowest BCUT2D eigenvalue weighted by Crippen LogP contribution is -2.23. The van der Waals surface area contributed by atoms with Crippen LogP contribution in [-0.4, -0.2) is 22.3 Å². The number of hydrogen-bond acceptors (Lipinski definition) is 3. The van der Waals surface area contributed by atoms with Gasteiger partial charge in [-0.3, -0.25) is 4.79 Å². The Balaban J connectivity index is 2.03. The monoisotopic (exact) mass is 262 g/mol. The van der Waals surface area contributed by atoms with Crippen molar-refractivity contribution in [1.29, 1.82) is 0 Å². The van der Waals surface area contributed by atoms with Crippen molar-refractivity contribution in [3.05, 3.63) is 35.4 Å². The average molecular weight is 262 g/mol. The Bertz CT molecular complexity index is 517. The highest BCUT2D eigenvalue weighted by Crippen LogP contribution is 2.26. The molecule has 1 aromatic rings. The van der Waals surface area contributed by atoms with E-state index < -0.39 is 0 Å². The Morgan fingerprint density at radius 1 is 1.39 bits per heavy atom. The molecule has 6 heteroatoms. The maximum atomic E-state index is 11.7. The predicted octanol–water partition coefficient (Wildman–Crippen LogP) is 0.809. The van der Waals surface area contributed by atoms with Gasteiger partial charge in [-0.15, -0.1) is 0 Å². The Morgan fingerprint density at radius 2 is 2.06 bits per heavy atom. The minimum atomic E-state index is -0.231. The van der Waals surface area contributed by atoms with E-state index in [1.54, 1.807) is 0 Å². The highest BCUT2D eigenvalue weighted by atomic mass is 32.2. The van der Waals surface area contributed by atoms with Crippen LogP contribution in [0.15, 0.2) is 34.3 Å². The van der Waals surface area contributed by atoms with E-state index in [9.17, 15) is 4.79 Å². The second kappa shape index (κ2) is 5.22. The van der Waals surface area contributed by atoms with Crippen LogP contribution in [0.2, 0.25) is 0 Å². The fourth-order valence-corrected chi connectivity index (χ4v) is 2.58. The summed E-state index contributed by atoms with van der Waals surface area (Å²) in [7, 11) is 0. The number of aryl methyl sites for hydroxylation is 1. The molecule has 94 valence electrons. The highest BCUT2D eigenvalue weighted by molar-refractivity contribution is 8.15. The third-order valence-corrected chi connectivity index (χ3v) is 3.54. The van der Waals surface area contributed by atoms with Crippen molar-refractivity contribution in [2.75, 3.05) is 0 Å². The Labute approximate surface area is 109 Å². The largest absolute Gasteiger partial charge is 0.370 e. The van der Waals surface area contributed by atoms with E-state index in [1.165, 1.54) is 17.3 Å². The zero-order chi connectivity index (χ0) is 13.1. The maximum absolute atomic E-state index is 11.7. The van der Waals surface area contributed by atoms with E-state index in [0.717, 1.165) is 5.56 Å². The third kappa shape index (κ3) is 3.10. The molecule has 2 rings (SSSR count). The normalized spacial score (nSPS) is 18.6. The topological polar surface area (TPSA) is 93.8 Å². The molecule has 1 heterocycles. The molecule has 0 radical (unpaired) electrons. The van der Waals surface area contributed by atoms with Crippen LogP contribution in [0.1, 0.15) is 11.1 Å². The number of amidine groups is 1. The second-order valence-corrected chi connectivity index (χ2v) is 5.24. The van der Waals surface area contributed by atoms with E-state index in [2.05, 4.69) is 9.98 Å². The number of hydrogen-bond donors (Lipinski definition) is 2. The average Bonchev–Trinajstić information content (AvgIpc) is 2.61. The number of benzene rings is 1. The molecule has 1 aromatic carbocycles. The van der Waals surface area contributed by atoms with E-state index in [0.29, 0.717) is 11.6 Å². The van der Waals surface area contributed by atoms with Crippen molar-refractivity contribution in [2.45, 2.75) is 18.6 Å². The van der Waals surface area contributed by atoms with Crippen molar-refractivity contribution >= 4 is 28.8 Å². The molecule has 0 spiro atoms. The first-order valence-corrected chi connectivity index (χ1v) is 6.37. The van der Waals surface area contributed by atoms with Crippen molar-refractivity contribution in [3.8, 4) is 0 Å².